The van der Waals surface area contributed by atoms with Crippen molar-refractivity contribution in [1.82, 2.24) is 15.5 Å². The molecule has 0 aliphatic carbocycles. The number of nitrogens with one attached hydrogen (secondary N) is 2. The standard InChI is InChI=1S/C25H37F3N4O5/c1-15(2)12-17(14-32(36)37)21(33)30-20(24(3,4)5)22(34)29-19(23(35)31(6)7)13-16-8-10-18(11-9-16)25(26,27)28/h8-11,15,17,19-20H,12-14H2,1-7H3,(H,29,34)(H,30,33)/t17-,19+,20-/m1/s1. The summed E-state index contributed by atoms with van der Waals surface area (Å²) >= 11 is 0. The molecule has 1 aromatic rings. The van der Waals surface area contributed by atoms with Gasteiger partial charge in [0.25, 0.3) is 0 Å². The molecule has 0 saturated heterocycles. The van der Waals surface area contributed by atoms with Crippen LogP contribution in [0.5, 0.6) is 0 Å². The van der Waals surface area contributed by atoms with Crippen LogP contribution < -0.4 is 10.6 Å². The summed E-state index contributed by atoms with van der Waals surface area (Å²) < 4.78 is 38.7. The lowest BCUT2D eigenvalue weighted by Crippen LogP contribution is -2.59. The van der Waals surface area contributed by atoms with Crippen LogP contribution in [0, 0.1) is 27.4 Å². The van der Waals surface area contributed by atoms with Gasteiger partial charge >= 0.3 is 6.18 Å². The lowest BCUT2D eigenvalue weighted by molar-refractivity contribution is -0.486. The maximum absolute atomic E-state index is 13.3. The molecule has 1 aromatic carbocycles. The highest BCUT2D eigenvalue weighted by atomic mass is 19.4. The third-order valence-corrected chi connectivity index (χ3v) is 5.69. The van der Waals surface area contributed by atoms with E-state index in [0.717, 1.165) is 12.1 Å². The van der Waals surface area contributed by atoms with E-state index in [1.165, 1.54) is 31.1 Å². The number of rotatable bonds is 11. The number of likely N-dealkylation sites (N-methyl/N-ethyl adjacent to an activating group) is 1. The molecule has 0 saturated carbocycles. The van der Waals surface area contributed by atoms with E-state index in [1.807, 2.05) is 13.8 Å². The van der Waals surface area contributed by atoms with Gasteiger partial charge < -0.3 is 15.5 Å². The molecule has 0 aliphatic rings. The van der Waals surface area contributed by atoms with E-state index in [4.69, 9.17) is 0 Å². The summed E-state index contributed by atoms with van der Waals surface area (Å²) in [6.07, 6.45) is -4.34. The number of alkyl halides is 3. The van der Waals surface area contributed by atoms with Crippen molar-refractivity contribution in [2.75, 3.05) is 20.6 Å². The predicted octanol–water partition coefficient (Wildman–Crippen LogP) is 3.29. The summed E-state index contributed by atoms with van der Waals surface area (Å²) in [6.45, 7) is 8.15. The van der Waals surface area contributed by atoms with Crippen molar-refractivity contribution < 1.29 is 32.5 Å². The average molecular weight is 531 g/mol. The van der Waals surface area contributed by atoms with E-state index in [0.29, 0.717) is 5.56 Å². The Morgan fingerprint density at radius 1 is 1.00 bits per heavy atom. The van der Waals surface area contributed by atoms with Gasteiger partial charge in [0.1, 0.15) is 18.0 Å². The lowest BCUT2D eigenvalue weighted by atomic mass is 9.85. The van der Waals surface area contributed by atoms with Crippen molar-refractivity contribution >= 4 is 17.7 Å². The first kappa shape index (κ1) is 31.8. The smallest absolute Gasteiger partial charge is 0.347 e. The van der Waals surface area contributed by atoms with Crippen molar-refractivity contribution in [3.8, 4) is 0 Å². The normalized spacial score (nSPS) is 14.5. The molecule has 3 atom stereocenters. The van der Waals surface area contributed by atoms with Crippen LogP contribution in [0.3, 0.4) is 0 Å². The van der Waals surface area contributed by atoms with Gasteiger partial charge in [0.05, 0.1) is 5.56 Å². The first-order chi connectivity index (χ1) is 16.8. The van der Waals surface area contributed by atoms with Gasteiger partial charge in [-0.15, -0.1) is 0 Å². The van der Waals surface area contributed by atoms with E-state index in [9.17, 15) is 37.7 Å². The van der Waals surface area contributed by atoms with E-state index in [1.54, 1.807) is 20.8 Å². The molecule has 0 spiro atoms. The molecule has 0 fully saturated rings. The summed E-state index contributed by atoms with van der Waals surface area (Å²) in [5.74, 6) is -2.75. The Morgan fingerprint density at radius 3 is 1.95 bits per heavy atom. The zero-order valence-corrected chi connectivity index (χ0v) is 22.3. The van der Waals surface area contributed by atoms with Gasteiger partial charge in [0.2, 0.25) is 24.3 Å². The zero-order valence-electron chi connectivity index (χ0n) is 22.3. The van der Waals surface area contributed by atoms with Gasteiger partial charge in [-0.05, 0) is 35.4 Å². The molecule has 3 amide bonds. The maximum atomic E-state index is 13.3. The molecular weight excluding hydrogens is 493 g/mol. The third kappa shape index (κ3) is 10.4. The van der Waals surface area contributed by atoms with Gasteiger partial charge in [-0.2, -0.15) is 13.2 Å². The molecule has 0 heterocycles. The van der Waals surface area contributed by atoms with Crippen LogP contribution in [0.1, 0.15) is 52.2 Å². The SMILES string of the molecule is CC(C)C[C@H](C[N+](=O)[O-])C(=O)N[C@H](C(=O)N[C@@H](Cc1ccc(C(F)(F)F)cc1)C(=O)N(C)C)C(C)(C)C. The van der Waals surface area contributed by atoms with Crippen molar-refractivity contribution in [2.24, 2.45) is 17.3 Å². The highest BCUT2D eigenvalue weighted by Crippen LogP contribution is 2.29. The molecule has 0 bridgehead atoms. The van der Waals surface area contributed by atoms with E-state index >= 15 is 0 Å². The summed E-state index contributed by atoms with van der Waals surface area (Å²) in [5, 5.41) is 16.3. The van der Waals surface area contributed by atoms with E-state index in [2.05, 4.69) is 10.6 Å². The molecule has 37 heavy (non-hydrogen) atoms. The van der Waals surface area contributed by atoms with Crippen molar-refractivity contribution in [3.63, 3.8) is 0 Å². The molecule has 9 nitrogen and oxygen atoms in total. The molecule has 12 heteroatoms. The van der Waals surface area contributed by atoms with Crippen molar-refractivity contribution in [1.29, 1.82) is 0 Å². The minimum absolute atomic E-state index is 0.00319. The van der Waals surface area contributed by atoms with Gasteiger partial charge in [-0.3, -0.25) is 24.5 Å². The van der Waals surface area contributed by atoms with Gasteiger partial charge in [-0.25, -0.2) is 0 Å². The van der Waals surface area contributed by atoms with Crippen molar-refractivity contribution in [2.45, 2.75) is 65.7 Å². The van der Waals surface area contributed by atoms with Crippen LogP contribution in [0.25, 0.3) is 0 Å². The number of carbonyl (C=O) groups excluding carboxylic acids is 3. The molecule has 0 aliphatic heterocycles. The Morgan fingerprint density at radius 2 is 1.54 bits per heavy atom. The fourth-order valence-electron chi connectivity index (χ4n) is 3.78. The Balaban J connectivity index is 3.18. The predicted molar refractivity (Wildman–Crippen MR) is 132 cm³/mol. The van der Waals surface area contributed by atoms with E-state index < -0.39 is 64.3 Å². The highest BCUT2D eigenvalue weighted by Gasteiger charge is 2.38. The van der Waals surface area contributed by atoms with Crippen LogP contribution in [0.2, 0.25) is 0 Å². The zero-order chi connectivity index (χ0) is 28.7. The number of benzene rings is 1. The molecular formula is C25H37F3N4O5. The van der Waals surface area contributed by atoms with Crippen molar-refractivity contribution in [3.05, 3.63) is 45.5 Å². The maximum Gasteiger partial charge on any atom is 0.416 e. The molecule has 2 N–H and O–H groups in total. The van der Waals surface area contributed by atoms with Gasteiger partial charge in [0.15, 0.2) is 0 Å². The second-order valence-corrected chi connectivity index (χ2v) is 10.8. The topological polar surface area (TPSA) is 122 Å². The second kappa shape index (κ2) is 12.9. The third-order valence-electron chi connectivity index (χ3n) is 5.69. The fraction of sp³-hybridized carbons (Fsp3) is 0.640. The average Bonchev–Trinajstić information content (AvgIpc) is 2.73. The first-order valence-corrected chi connectivity index (χ1v) is 11.9. The Kier molecular flexibility index (Phi) is 11.1. The van der Waals surface area contributed by atoms with Crippen LogP contribution in [0.15, 0.2) is 24.3 Å². The fourth-order valence-corrected chi connectivity index (χ4v) is 3.78. The Hall–Kier alpha value is -3.18. The summed E-state index contributed by atoms with van der Waals surface area (Å²) in [6, 6.07) is 2.02. The van der Waals surface area contributed by atoms with Crippen LogP contribution >= 0.6 is 0 Å². The van der Waals surface area contributed by atoms with Gasteiger partial charge in [0, 0.05) is 25.4 Å². The number of amides is 3. The number of hydrogen-bond donors (Lipinski definition) is 2. The van der Waals surface area contributed by atoms with Gasteiger partial charge in [-0.1, -0.05) is 46.8 Å². The minimum atomic E-state index is -4.51. The largest absolute Gasteiger partial charge is 0.416 e. The molecule has 0 unspecified atom stereocenters. The quantitative estimate of drug-likeness (QED) is 0.336. The number of nitrogens with zero attached hydrogens (tertiary/aromatic N) is 2. The summed E-state index contributed by atoms with van der Waals surface area (Å²) in [5.41, 5.74) is -1.26. The molecule has 1 rings (SSSR count). The van der Waals surface area contributed by atoms with Crippen LogP contribution in [-0.2, 0) is 27.0 Å². The lowest BCUT2D eigenvalue weighted by Gasteiger charge is -2.33. The number of nitro groups is 1. The number of halogens is 3. The van der Waals surface area contributed by atoms with Crippen LogP contribution in [0.4, 0.5) is 13.2 Å². The molecule has 0 aromatic heterocycles. The molecule has 0 radical (unpaired) electrons. The number of hydrogen-bond acceptors (Lipinski definition) is 5. The Bertz CT molecular complexity index is 957. The molecule has 208 valence electrons. The minimum Gasteiger partial charge on any atom is -0.347 e. The van der Waals surface area contributed by atoms with E-state index in [-0.39, 0.29) is 18.8 Å². The first-order valence-electron chi connectivity index (χ1n) is 11.9. The van der Waals surface area contributed by atoms with Crippen LogP contribution in [-0.4, -0.2) is 60.3 Å². The number of carbonyl (C=O) groups is 3. The second-order valence-electron chi connectivity index (χ2n) is 10.8. The monoisotopic (exact) mass is 530 g/mol. The summed E-state index contributed by atoms with van der Waals surface area (Å²) in [4.78, 5) is 50.9. The highest BCUT2D eigenvalue weighted by molar-refractivity contribution is 5.93. The summed E-state index contributed by atoms with van der Waals surface area (Å²) in [7, 11) is 2.96. The Labute approximate surface area is 215 Å².